The molecule has 2 rings (SSSR count). The predicted molar refractivity (Wildman–Crippen MR) is 59.7 cm³/mol. The standard InChI is InChI=1S/C12H20N2O/c1-10(9-15)8-11-6-7-14(13-11)12-4-2-3-5-12/h6-7,10,12,15H,2-5,8-9H2,1H3. The minimum atomic E-state index is 0.246. The van der Waals surface area contributed by atoms with Crippen molar-refractivity contribution in [3.05, 3.63) is 18.0 Å². The van der Waals surface area contributed by atoms with Crippen LogP contribution in [0.1, 0.15) is 44.3 Å². The van der Waals surface area contributed by atoms with Gasteiger partial charge in [-0.25, -0.2) is 0 Å². The fraction of sp³-hybridized carbons (Fsp3) is 0.750. The molecule has 1 aliphatic rings. The molecule has 0 radical (unpaired) electrons. The number of hydrogen-bond acceptors (Lipinski definition) is 2. The van der Waals surface area contributed by atoms with Crippen molar-refractivity contribution in [2.24, 2.45) is 5.92 Å². The summed E-state index contributed by atoms with van der Waals surface area (Å²) in [5, 5.41) is 13.6. The average Bonchev–Trinajstić information content (AvgIpc) is 2.85. The van der Waals surface area contributed by atoms with E-state index in [-0.39, 0.29) is 6.61 Å². The molecule has 0 saturated heterocycles. The van der Waals surface area contributed by atoms with Crippen molar-refractivity contribution in [1.29, 1.82) is 0 Å². The lowest BCUT2D eigenvalue weighted by Crippen LogP contribution is -2.08. The van der Waals surface area contributed by atoms with Crippen LogP contribution in [0.25, 0.3) is 0 Å². The maximum Gasteiger partial charge on any atom is 0.0628 e. The maximum absolute atomic E-state index is 8.98. The smallest absolute Gasteiger partial charge is 0.0628 e. The van der Waals surface area contributed by atoms with E-state index in [0.29, 0.717) is 12.0 Å². The minimum Gasteiger partial charge on any atom is -0.396 e. The molecule has 1 aromatic rings. The third-order valence-corrected chi connectivity index (χ3v) is 3.23. The Bertz CT molecular complexity index is 302. The van der Waals surface area contributed by atoms with Crippen LogP contribution in [0.15, 0.2) is 12.3 Å². The van der Waals surface area contributed by atoms with Gasteiger partial charge in [0.2, 0.25) is 0 Å². The van der Waals surface area contributed by atoms with Gasteiger partial charge in [-0.05, 0) is 31.2 Å². The third-order valence-electron chi connectivity index (χ3n) is 3.23. The van der Waals surface area contributed by atoms with Crippen LogP contribution in [0, 0.1) is 5.92 Å². The summed E-state index contributed by atoms with van der Waals surface area (Å²) in [7, 11) is 0. The highest BCUT2D eigenvalue weighted by atomic mass is 16.3. The summed E-state index contributed by atoms with van der Waals surface area (Å²) in [5.74, 6) is 0.317. The second-order valence-electron chi connectivity index (χ2n) is 4.72. The summed E-state index contributed by atoms with van der Waals surface area (Å²) in [6.07, 6.45) is 8.21. The fourth-order valence-corrected chi connectivity index (χ4v) is 2.28. The first-order valence-electron chi connectivity index (χ1n) is 5.94. The van der Waals surface area contributed by atoms with Gasteiger partial charge in [-0.3, -0.25) is 4.68 Å². The van der Waals surface area contributed by atoms with Crippen LogP contribution in [0.2, 0.25) is 0 Å². The molecule has 0 aliphatic heterocycles. The summed E-state index contributed by atoms with van der Waals surface area (Å²) in [6.45, 7) is 2.30. The van der Waals surface area contributed by atoms with Crippen molar-refractivity contribution in [3.8, 4) is 0 Å². The fourth-order valence-electron chi connectivity index (χ4n) is 2.28. The number of rotatable bonds is 4. The van der Waals surface area contributed by atoms with Crippen molar-refractivity contribution in [2.75, 3.05) is 6.61 Å². The first kappa shape index (κ1) is 10.7. The van der Waals surface area contributed by atoms with Crippen LogP contribution >= 0.6 is 0 Å². The summed E-state index contributed by atoms with van der Waals surface area (Å²) in [6, 6.07) is 2.72. The van der Waals surface area contributed by atoms with Crippen LogP contribution in [0.4, 0.5) is 0 Å². The van der Waals surface area contributed by atoms with E-state index in [0.717, 1.165) is 12.1 Å². The molecule has 1 fully saturated rings. The van der Waals surface area contributed by atoms with Gasteiger partial charge in [0.15, 0.2) is 0 Å². The SMILES string of the molecule is CC(CO)Cc1ccn(C2CCCC2)n1. The van der Waals surface area contributed by atoms with Gasteiger partial charge in [0.25, 0.3) is 0 Å². The first-order valence-corrected chi connectivity index (χ1v) is 5.94. The van der Waals surface area contributed by atoms with Crippen LogP contribution in [0.5, 0.6) is 0 Å². The van der Waals surface area contributed by atoms with Crippen molar-refractivity contribution in [3.63, 3.8) is 0 Å². The molecular weight excluding hydrogens is 188 g/mol. The first-order chi connectivity index (χ1) is 7.29. The lowest BCUT2D eigenvalue weighted by atomic mass is 10.1. The van der Waals surface area contributed by atoms with Gasteiger partial charge in [-0.15, -0.1) is 0 Å². The van der Waals surface area contributed by atoms with Crippen LogP contribution in [-0.4, -0.2) is 21.5 Å². The van der Waals surface area contributed by atoms with Gasteiger partial charge in [-0.2, -0.15) is 5.10 Å². The highest BCUT2D eigenvalue weighted by molar-refractivity contribution is 5.01. The Morgan fingerprint density at radius 3 is 2.93 bits per heavy atom. The molecular formula is C12H20N2O. The highest BCUT2D eigenvalue weighted by Crippen LogP contribution is 2.28. The minimum absolute atomic E-state index is 0.246. The van der Waals surface area contributed by atoms with Gasteiger partial charge < -0.3 is 5.11 Å². The van der Waals surface area contributed by atoms with E-state index in [1.54, 1.807) is 0 Å². The Morgan fingerprint density at radius 2 is 2.27 bits per heavy atom. The zero-order chi connectivity index (χ0) is 10.7. The third kappa shape index (κ3) is 2.59. The zero-order valence-corrected chi connectivity index (χ0v) is 9.39. The number of aromatic nitrogens is 2. The molecule has 84 valence electrons. The Balaban J connectivity index is 1.97. The second kappa shape index (κ2) is 4.79. The van der Waals surface area contributed by atoms with Crippen molar-refractivity contribution < 1.29 is 5.11 Å². The molecule has 0 amide bonds. The van der Waals surface area contributed by atoms with Gasteiger partial charge in [0, 0.05) is 12.8 Å². The molecule has 0 spiro atoms. The number of hydrogen-bond donors (Lipinski definition) is 1. The van der Waals surface area contributed by atoms with Crippen molar-refractivity contribution in [1.82, 2.24) is 9.78 Å². The van der Waals surface area contributed by atoms with E-state index in [1.807, 2.05) is 0 Å². The molecule has 1 aliphatic carbocycles. The monoisotopic (exact) mass is 208 g/mol. The quantitative estimate of drug-likeness (QED) is 0.823. The van der Waals surface area contributed by atoms with E-state index in [1.165, 1.54) is 25.7 Å². The van der Waals surface area contributed by atoms with Crippen molar-refractivity contribution >= 4 is 0 Å². The van der Waals surface area contributed by atoms with Gasteiger partial charge in [0.05, 0.1) is 11.7 Å². The molecule has 1 aromatic heterocycles. The second-order valence-corrected chi connectivity index (χ2v) is 4.72. The molecule has 15 heavy (non-hydrogen) atoms. The van der Waals surface area contributed by atoms with Gasteiger partial charge >= 0.3 is 0 Å². The Labute approximate surface area is 91.1 Å². The molecule has 3 heteroatoms. The van der Waals surface area contributed by atoms with Crippen LogP contribution < -0.4 is 0 Å². The molecule has 1 atom stereocenters. The molecule has 1 saturated carbocycles. The normalized spacial score (nSPS) is 19.6. The Hall–Kier alpha value is -0.830. The largest absolute Gasteiger partial charge is 0.396 e. The van der Waals surface area contributed by atoms with Gasteiger partial charge in [0.1, 0.15) is 0 Å². The highest BCUT2D eigenvalue weighted by Gasteiger charge is 2.17. The average molecular weight is 208 g/mol. The molecule has 0 aromatic carbocycles. The lowest BCUT2D eigenvalue weighted by Gasteiger charge is -2.09. The van der Waals surface area contributed by atoms with E-state index in [4.69, 9.17) is 5.11 Å². The summed E-state index contributed by atoms with van der Waals surface area (Å²) >= 11 is 0. The van der Waals surface area contributed by atoms with Gasteiger partial charge in [-0.1, -0.05) is 19.8 Å². The molecule has 1 heterocycles. The molecule has 0 bridgehead atoms. The summed E-state index contributed by atoms with van der Waals surface area (Å²) in [5.41, 5.74) is 1.11. The van der Waals surface area contributed by atoms with E-state index in [9.17, 15) is 0 Å². The lowest BCUT2D eigenvalue weighted by molar-refractivity contribution is 0.236. The van der Waals surface area contributed by atoms with Crippen LogP contribution in [-0.2, 0) is 6.42 Å². The number of aliphatic hydroxyl groups is 1. The number of aliphatic hydroxyl groups excluding tert-OH is 1. The zero-order valence-electron chi connectivity index (χ0n) is 9.39. The Kier molecular flexibility index (Phi) is 3.41. The Morgan fingerprint density at radius 1 is 1.53 bits per heavy atom. The van der Waals surface area contributed by atoms with E-state index < -0.39 is 0 Å². The van der Waals surface area contributed by atoms with Crippen molar-refractivity contribution in [2.45, 2.75) is 45.1 Å². The molecule has 1 unspecified atom stereocenters. The van der Waals surface area contributed by atoms with E-state index >= 15 is 0 Å². The van der Waals surface area contributed by atoms with Crippen LogP contribution in [0.3, 0.4) is 0 Å². The molecule has 1 N–H and O–H groups in total. The summed E-state index contributed by atoms with van der Waals surface area (Å²) in [4.78, 5) is 0. The number of nitrogens with zero attached hydrogens (tertiary/aromatic N) is 2. The topological polar surface area (TPSA) is 38.0 Å². The van der Waals surface area contributed by atoms with E-state index in [2.05, 4.69) is 29.0 Å². The summed E-state index contributed by atoms with van der Waals surface area (Å²) < 4.78 is 2.12. The maximum atomic E-state index is 8.98. The predicted octanol–water partition coefficient (Wildman–Crippen LogP) is 2.17. The molecule has 3 nitrogen and oxygen atoms in total.